The molecule has 0 bridgehead atoms. The number of benzene rings is 1. The van der Waals surface area contributed by atoms with E-state index in [1.165, 1.54) is 6.07 Å². The van der Waals surface area contributed by atoms with Crippen molar-refractivity contribution in [2.24, 2.45) is 0 Å². The Labute approximate surface area is 82.2 Å². The molecule has 0 saturated carbocycles. The number of hydrogen-bond acceptors (Lipinski definition) is 2. The number of oxazole rings is 1. The lowest BCUT2D eigenvalue weighted by Crippen LogP contribution is -2.07. The quantitative estimate of drug-likeness (QED) is 0.626. The van der Waals surface area contributed by atoms with Crippen LogP contribution < -0.4 is 5.46 Å². The first-order valence-corrected chi connectivity index (χ1v) is 4.35. The zero-order chi connectivity index (χ0) is 10.1. The van der Waals surface area contributed by atoms with E-state index in [9.17, 15) is 4.39 Å². The highest BCUT2D eigenvalue weighted by Gasteiger charge is 2.05. The molecule has 14 heavy (non-hydrogen) atoms. The van der Waals surface area contributed by atoms with Crippen LogP contribution in [0, 0.1) is 12.7 Å². The number of nitrogens with zero attached hydrogens (tertiary/aromatic N) is 1. The van der Waals surface area contributed by atoms with Crippen LogP contribution in [0.2, 0.25) is 0 Å². The van der Waals surface area contributed by atoms with E-state index >= 15 is 0 Å². The number of aryl methyl sites for hydroxylation is 1. The van der Waals surface area contributed by atoms with Crippen molar-refractivity contribution in [3.63, 3.8) is 0 Å². The standard InChI is InChI=1S/C10H9BFNO/c1-6-13-10(5-14-6)7-2-3-9(12)8(11)4-7/h2-5H,11H2,1H3. The molecule has 1 aromatic carbocycles. The van der Waals surface area contributed by atoms with Crippen LogP contribution in [0.25, 0.3) is 11.3 Å². The summed E-state index contributed by atoms with van der Waals surface area (Å²) in [6, 6.07) is 4.89. The van der Waals surface area contributed by atoms with Crippen LogP contribution in [0.3, 0.4) is 0 Å². The van der Waals surface area contributed by atoms with Crippen LogP contribution in [0.15, 0.2) is 28.9 Å². The largest absolute Gasteiger partial charge is 0.449 e. The van der Waals surface area contributed by atoms with Crippen LogP contribution in [0.5, 0.6) is 0 Å². The molecular formula is C10H9BFNO. The maximum Gasteiger partial charge on any atom is 0.191 e. The molecule has 0 saturated heterocycles. The van der Waals surface area contributed by atoms with Crippen molar-refractivity contribution >= 4 is 13.3 Å². The minimum absolute atomic E-state index is 0.200. The van der Waals surface area contributed by atoms with Gasteiger partial charge in [0.15, 0.2) is 5.89 Å². The van der Waals surface area contributed by atoms with Gasteiger partial charge < -0.3 is 4.42 Å². The van der Waals surface area contributed by atoms with Gasteiger partial charge >= 0.3 is 0 Å². The van der Waals surface area contributed by atoms with Crippen LogP contribution >= 0.6 is 0 Å². The van der Waals surface area contributed by atoms with Crippen LogP contribution in [-0.2, 0) is 0 Å². The van der Waals surface area contributed by atoms with Gasteiger partial charge in [-0.2, -0.15) is 0 Å². The molecule has 2 rings (SSSR count). The summed E-state index contributed by atoms with van der Waals surface area (Å²) in [7, 11) is 1.73. The monoisotopic (exact) mass is 189 g/mol. The SMILES string of the molecule is Bc1cc(-c2coc(C)n2)ccc1F. The van der Waals surface area contributed by atoms with E-state index < -0.39 is 0 Å². The van der Waals surface area contributed by atoms with Crippen molar-refractivity contribution in [1.29, 1.82) is 0 Å². The Kier molecular flexibility index (Phi) is 2.12. The van der Waals surface area contributed by atoms with Crippen molar-refractivity contribution < 1.29 is 8.81 Å². The topological polar surface area (TPSA) is 26.0 Å². The normalized spacial score (nSPS) is 10.4. The third-order valence-electron chi connectivity index (χ3n) is 2.07. The van der Waals surface area contributed by atoms with Crippen molar-refractivity contribution in [3.05, 3.63) is 36.2 Å². The molecule has 4 heteroatoms. The van der Waals surface area contributed by atoms with Crippen LogP contribution in [-0.4, -0.2) is 12.8 Å². The van der Waals surface area contributed by atoms with Gasteiger partial charge in [0.2, 0.25) is 0 Å². The predicted molar refractivity (Wildman–Crippen MR) is 54.8 cm³/mol. The lowest BCUT2D eigenvalue weighted by molar-refractivity contribution is 0.521. The lowest BCUT2D eigenvalue weighted by Gasteiger charge is -1.99. The molecule has 1 heterocycles. The first-order valence-electron chi connectivity index (χ1n) is 4.35. The van der Waals surface area contributed by atoms with Gasteiger partial charge in [-0.15, -0.1) is 0 Å². The second-order valence-electron chi connectivity index (χ2n) is 3.22. The zero-order valence-corrected chi connectivity index (χ0v) is 8.04. The van der Waals surface area contributed by atoms with E-state index in [4.69, 9.17) is 4.42 Å². The number of halogens is 1. The van der Waals surface area contributed by atoms with Crippen molar-refractivity contribution in [2.45, 2.75) is 6.92 Å². The highest BCUT2D eigenvalue weighted by atomic mass is 19.1. The Morgan fingerprint density at radius 1 is 1.43 bits per heavy atom. The van der Waals surface area contributed by atoms with E-state index in [2.05, 4.69) is 4.98 Å². The van der Waals surface area contributed by atoms with E-state index in [1.54, 1.807) is 33.2 Å². The molecule has 2 aromatic rings. The molecule has 0 amide bonds. The summed E-state index contributed by atoms with van der Waals surface area (Å²) in [6.07, 6.45) is 1.57. The lowest BCUT2D eigenvalue weighted by atomic mass is 9.93. The Balaban J connectivity index is 2.47. The first kappa shape index (κ1) is 9.00. The van der Waals surface area contributed by atoms with Gasteiger partial charge in [-0.1, -0.05) is 11.5 Å². The molecule has 0 aliphatic rings. The van der Waals surface area contributed by atoms with E-state index in [0.717, 1.165) is 11.3 Å². The summed E-state index contributed by atoms with van der Waals surface area (Å²) >= 11 is 0. The highest BCUT2D eigenvalue weighted by Crippen LogP contribution is 2.17. The fourth-order valence-electron chi connectivity index (χ4n) is 1.30. The Hall–Kier alpha value is -1.58. The molecule has 0 atom stereocenters. The van der Waals surface area contributed by atoms with Gasteiger partial charge in [-0.05, 0) is 12.1 Å². The maximum atomic E-state index is 13.0. The van der Waals surface area contributed by atoms with Crippen LogP contribution in [0.1, 0.15) is 5.89 Å². The molecule has 0 fully saturated rings. The molecule has 2 nitrogen and oxygen atoms in total. The van der Waals surface area contributed by atoms with Crippen molar-refractivity contribution in [1.82, 2.24) is 4.98 Å². The summed E-state index contributed by atoms with van der Waals surface area (Å²) in [5.41, 5.74) is 2.23. The fraction of sp³-hybridized carbons (Fsp3) is 0.100. The summed E-state index contributed by atoms with van der Waals surface area (Å²) in [6.45, 7) is 1.78. The molecule has 0 radical (unpaired) electrons. The minimum atomic E-state index is -0.200. The molecule has 0 N–H and O–H groups in total. The van der Waals surface area contributed by atoms with Gasteiger partial charge in [0.1, 0.15) is 25.6 Å². The summed E-state index contributed by atoms with van der Waals surface area (Å²) < 4.78 is 18.1. The second kappa shape index (κ2) is 3.29. The molecule has 0 aliphatic heterocycles. The molecule has 70 valence electrons. The molecule has 0 aliphatic carbocycles. The van der Waals surface area contributed by atoms with E-state index in [-0.39, 0.29) is 5.82 Å². The smallest absolute Gasteiger partial charge is 0.191 e. The second-order valence-corrected chi connectivity index (χ2v) is 3.22. The number of aromatic nitrogens is 1. The minimum Gasteiger partial charge on any atom is -0.449 e. The Morgan fingerprint density at radius 3 is 2.79 bits per heavy atom. The zero-order valence-electron chi connectivity index (χ0n) is 8.04. The van der Waals surface area contributed by atoms with Gasteiger partial charge in [0, 0.05) is 12.5 Å². The van der Waals surface area contributed by atoms with Crippen molar-refractivity contribution in [3.8, 4) is 11.3 Å². The van der Waals surface area contributed by atoms with Gasteiger partial charge in [-0.25, -0.2) is 9.37 Å². The average molecular weight is 189 g/mol. The fourth-order valence-corrected chi connectivity index (χ4v) is 1.30. The van der Waals surface area contributed by atoms with Gasteiger partial charge in [-0.3, -0.25) is 0 Å². The first-order chi connectivity index (χ1) is 6.66. The summed E-state index contributed by atoms with van der Waals surface area (Å²) in [5, 5.41) is 0. The maximum absolute atomic E-state index is 13.0. The third kappa shape index (κ3) is 1.55. The molecule has 0 unspecified atom stereocenters. The predicted octanol–water partition coefficient (Wildman–Crippen LogP) is 1.05. The molecular weight excluding hydrogens is 180 g/mol. The highest BCUT2D eigenvalue weighted by molar-refractivity contribution is 6.32. The molecule has 1 aromatic heterocycles. The Bertz CT molecular complexity index is 467. The van der Waals surface area contributed by atoms with Crippen LogP contribution in [0.4, 0.5) is 4.39 Å². The van der Waals surface area contributed by atoms with Crippen molar-refractivity contribution in [2.75, 3.05) is 0 Å². The number of rotatable bonds is 1. The number of hydrogen-bond donors (Lipinski definition) is 0. The van der Waals surface area contributed by atoms with Gasteiger partial charge in [0.05, 0.1) is 0 Å². The molecule has 0 spiro atoms. The summed E-state index contributed by atoms with van der Waals surface area (Å²) in [4.78, 5) is 4.16. The average Bonchev–Trinajstić information content (AvgIpc) is 2.57. The van der Waals surface area contributed by atoms with E-state index in [0.29, 0.717) is 11.4 Å². The van der Waals surface area contributed by atoms with E-state index in [1.807, 2.05) is 0 Å². The Morgan fingerprint density at radius 2 is 2.21 bits per heavy atom. The summed E-state index contributed by atoms with van der Waals surface area (Å²) in [5.74, 6) is 0.413. The van der Waals surface area contributed by atoms with Gasteiger partial charge in [0.25, 0.3) is 0 Å². The third-order valence-corrected chi connectivity index (χ3v) is 2.07.